The van der Waals surface area contributed by atoms with E-state index in [4.69, 9.17) is 16.3 Å². The van der Waals surface area contributed by atoms with Gasteiger partial charge in [-0.05, 0) is 54.8 Å². The summed E-state index contributed by atoms with van der Waals surface area (Å²) in [5.74, 6) is 0.907. The van der Waals surface area contributed by atoms with Crippen molar-refractivity contribution >= 4 is 17.5 Å². The van der Waals surface area contributed by atoms with Crippen LogP contribution >= 0.6 is 11.6 Å². The highest BCUT2D eigenvalue weighted by Gasteiger charge is 2.27. The smallest absolute Gasteiger partial charge is 0.234 e. The molecule has 0 saturated carbocycles. The number of halogens is 1. The first-order valence-electron chi connectivity index (χ1n) is 8.55. The van der Waals surface area contributed by atoms with Gasteiger partial charge in [0, 0.05) is 17.6 Å². The molecule has 0 aliphatic carbocycles. The number of benzene rings is 2. The first kappa shape index (κ1) is 17.8. The summed E-state index contributed by atoms with van der Waals surface area (Å²) >= 11 is 5.88. The largest absolute Gasteiger partial charge is 0.497 e. The molecule has 4 nitrogen and oxygen atoms in total. The number of carbonyl (C=O) groups excluding carboxylic acids is 1. The van der Waals surface area contributed by atoms with E-state index in [1.807, 2.05) is 36.4 Å². The summed E-state index contributed by atoms with van der Waals surface area (Å²) in [5.41, 5.74) is 2.29. The molecule has 1 amide bonds. The summed E-state index contributed by atoms with van der Waals surface area (Å²) < 4.78 is 5.22. The maximum atomic E-state index is 12.3. The number of methoxy groups -OCH3 is 1. The highest BCUT2D eigenvalue weighted by molar-refractivity contribution is 6.30. The molecule has 1 heterocycles. The highest BCUT2D eigenvalue weighted by Crippen LogP contribution is 2.32. The Morgan fingerprint density at radius 1 is 1.20 bits per heavy atom. The van der Waals surface area contributed by atoms with E-state index in [1.54, 1.807) is 7.11 Å². The van der Waals surface area contributed by atoms with Gasteiger partial charge in [0.2, 0.25) is 5.91 Å². The van der Waals surface area contributed by atoms with E-state index >= 15 is 0 Å². The van der Waals surface area contributed by atoms with E-state index in [-0.39, 0.29) is 5.91 Å². The maximum absolute atomic E-state index is 12.3. The monoisotopic (exact) mass is 358 g/mol. The van der Waals surface area contributed by atoms with Crippen LogP contribution in [0.25, 0.3) is 0 Å². The minimum Gasteiger partial charge on any atom is -0.497 e. The van der Waals surface area contributed by atoms with E-state index in [0.29, 0.717) is 24.2 Å². The number of carbonyl (C=O) groups is 1. The topological polar surface area (TPSA) is 41.6 Å². The molecular formula is C20H23ClN2O2. The van der Waals surface area contributed by atoms with Crippen molar-refractivity contribution in [1.82, 2.24) is 10.2 Å². The number of rotatable bonds is 6. The van der Waals surface area contributed by atoms with Crippen LogP contribution in [0.1, 0.15) is 30.0 Å². The second-order valence-electron chi connectivity index (χ2n) is 6.30. The van der Waals surface area contributed by atoms with E-state index in [0.717, 1.165) is 30.7 Å². The molecule has 1 fully saturated rings. The molecule has 2 aromatic carbocycles. The molecule has 1 N–H and O–H groups in total. The average molecular weight is 359 g/mol. The molecule has 1 aliphatic rings. The SMILES string of the molecule is COc1ccc([C@H]2CCCN2CC(=O)NCc2ccc(Cl)cc2)cc1. The van der Waals surface area contributed by atoms with Gasteiger partial charge in [-0.2, -0.15) is 0 Å². The summed E-state index contributed by atoms with van der Waals surface area (Å²) in [6, 6.07) is 16.0. The summed E-state index contributed by atoms with van der Waals surface area (Å²) in [4.78, 5) is 14.6. The minimum absolute atomic E-state index is 0.0513. The Bertz CT molecular complexity index is 701. The van der Waals surface area contributed by atoms with Crippen molar-refractivity contribution in [1.29, 1.82) is 0 Å². The Balaban J connectivity index is 1.55. The Morgan fingerprint density at radius 3 is 2.60 bits per heavy atom. The summed E-state index contributed by atoms with van der Waals surface area (Å²) in [6.07, 6.45) is 2.19. The molecule has 1 aliphatic heterocycles. The molecule has 1 saturated heterocycles. The fraction of sp³-hybridized carbons (Fsp3) is 0.350. The Hall–Kier alpha value is -2.04. The van der Waals surface area contributed by atoms with Crippen molar-refractivity contribution in [2.45, 2.75) is 25.4 Å². The predicted molar refractivity (Wildman–Crippen MR) is 99.8 cm³/mol. The van der Waals surface area contributed by atoms with Gasteiger partial charge < -0.3 is 10.1 Å². The average Bonchev–Trinajstić information content (AvgIpc) is 3.09. The summed E-state index contributed by atoms with van der Waals surface area (Å²) in [7, 11) is 1.67. The number of nitrogens with zero attached hydrogens (tertiary/aromatic N) is 1. The van der Waals surface area contributed by atoms with Crippen molar-refractivity contribution in [2.24, 2.45) is 0 Å². The van der Waals surface area contributed by atoms with Crippen molar-refractivity contribution in [3.63, 3.8) is 0 Å². The second-order valence-corrected chi connectivity index (χ2v) is 6.74. The van der Waals surface area contributed by atoms with Gasteiger partial charge in [-0.1, -0.05) is 35.9 Å². The van der Waals surface area contributed by atoms with Crippen molar-refractivity contribution in [3.8, 4) is 5.75 Å². The van der Waals surface area contributed by atoms with Crippen LogP contribution in [-0.4, -0.2) is 31.0 Å². The molecule has 0 bridgehead atoms. The first-order valence-corrected chi connectivity index (χ1v) is 8.92. The lowest BCUT2D eigenvalue weighted by Crippen LogP contribution is -2.36. The molecule has 0 unspecified atom stereocenters. The highest BCUT2D eigenvalue weighted by atomic mass is 35.5. The molecular weight excluding hydrogens is 336 g/mol. The zero-order valence-electron chi connectivity index (χ0n) is 14.4. The number of ether oxygens (including phenoxy) is 1. The minimum atomic E-state index is 0.0513. The standard InChI is InChI=1S/C20H23ClN2O2/c1-25-18-10-6-16(7-11-18)19-3-2-12-23(19)14-20(24)22-13-15-4-8-17(21)9-5-15/h4-11,19H,2-3,12-14H2,1H3,(H,22,24)/t19-/m1/s1. The lowest BCUT2D eigenvalue weighted by molar-refractivity contribution is -0.122. The van der Waals surface area contributed by atoms with Crippen molar-refractivity contribution in [2.75, 3.05) is 20.2 Å². The van der Waals surface area contributed by atoms with Gasteiger partial charge in [0.1, 0.15) is 5.75 Å². The van der Waals surface area contributed by atoms with Crippen LogP contribution in [0.15, 0.2) is 48.5 Å². The third-order valence-electron chi connectivity index (χ3n) is 4.61. The molecule has 0 spiro atoms. The number of amides is 1. The summed E-state index contributed by atoms with van der Waals surface area (Å²) in [5, 5.41) is 3.70. The lowest BCUT2D eigenvalue weighted by Gasteiger charge is -2.24. The van der Waals surface area contributed by atoms with Crippen LogP contribution < -0.4 is 10.1 Å². The van der Waals surface area contributed by atoms with E-state index in [9.17, 15) is 4.79 Å². The Kier molecular flexibility index (Phi) is 5.95. The van der Waals surface area contributed by atoms with E-state index in [1.165, 1.54) is 5.56 Å². The normalized spacial score (nSPS) is 17.4. The van der Waals surface area contributed by atoms with Crippen LogP contribution in [0, 0.1) is 0 Å². The van der Waals surface area contributed by atoms with Gasteiger partial charge in [-0.15, -0.1) is 0 Å². The quantitative estimate of drug-likeness (QED) is 0.853. The van der Waals surface area contributed by atoms with Crippen LogP contribution in [0.4, 0.5) is 0 Å². The number of hydrogen-bond donors (Lipinski definition) is 1. The lowest BCUT2D eigenvalue weighted by atomic mass is 10.0. The Labute approximate surface area is 153 Å². The fourth-order valence-electron chi connectivity index (χ4n) is 3.26. The van der Waals surface area contributed by atoms with Gasteiger partial charge in [-0.25, -0.2) is 0 Å². The fourth-order valence-corrected chi connectivity index (χ4v) is 3.39. The van der Waals surface area contributed by atoms with Crippen LogP contribution in [-0.2, 0) is 11.3 Å². The molecule has 0 aromatic heterocycles. The van der Waals surface area contributed by atoms with Crippen molar-refractivity contribution < 1.29 is 9.53 Å². The maximum Gasteiger partial charge on any atom is 0.234 e. The molecule has 132 valence electrons. The van der Waals surface area contributed by atoms with Gasteiger partial charge in [0.05, 0.1) is 13.7 Å². The molecule has 1 atom stereocenters. The number of likely N-dealkylation sites (tertiary alicyclic amines) is 1. The third kappa shape index (κ3) is 4.74. The van der Waals surface area contributed by atoms with Crippen LogP contribution in [0.3, 0.4) is 0 Å². The predicted octanol–water partition coefficient (Wildman–Crippen LogP) is 3.80. The zero-order chi connectivity index (χ0) is 17.6. The van der Waals surface area contributed by atoms with Gasteiger partial charge in [-0.3, -0.25) is 9.69 Å². The third-order valence-corrected chi connectivity index (χ3v) is 4.87. The number of nitrogens with one attached hydrogen (secondary N) is 1. The first-order chi connectivity index (χ1) is 12.2. The zero-order valence-corrected chi connectivity index (χ0v) is 15.1. The van der Waals surface area contributed by atoms with Crippen LogP contribution in [0.5, 0.6) is 5.75 Å². The molecule has 0 radical (unpaired) electrons. The van der Waals surface area contributed by atoms with Crippen molar-refractivity contribution in [3.05, 3.63) is 64.7 Å². The Morgan fingerprint density at radius 2 is 1.92 bits per heavy atom. The van der Waals surface area contributed by atoms with E-state index in [2.05, 4.69) is 22.3 Å². The summed E-state index contributed by atoms with van der Waals surface area (Å²) in [6.45, 7) is 1.90. The molecule has 5 heteroatoms. The number of hydrogen-bond acceptors (Lipinski definition) is 3. The second kappa shape index (κ2) is 8.37. The van der Waals surface area contributed by atoms with Gasteiger partial charge in [0.25, 0.3) is 0 Å². The molecule has 2 aromatic rings. The van der Waals surface area contributed by atoms with Gasteiger partial charge in [0.15, 0.2) is 0 Å². The van der Waals surface area contributed by atoms with Gasteiger partial charge >= 0.3 is 0 Å². The van der Waals surface area contributed by atoms with E-state index < -0.39 is 0 Å². The molecule has 3 rings (SSSR count). The molecule has 25 heavy (non-hydrogen) atoms. The van der Waals surface area contributed by atoms with Crippen LogP contribution in [0.2, 0.25) is 5.02 Å².